The normalized spacial score (nSPS) is 10.2. The van der Waals surface area contributed by atoms with Crippen LogP contribution in [0.25, 0.3) is 10.8 Å². The summed E-state index contributed by atoms with van der Waals surface area (Å²) < 4.78 is 16.0. The Morgan fingerprint density at radius 3 is 2.07 bits per heavy atom. The van der Waals surface area contributed by atoms with Gasteiger partial charge in [0.05, 0.1) is 7.11 Å². The molecule has 2 amide bonds. The fourth-order valence-corrected chi connectivity index (χ4v) is 2.50. The van der Waals surface area contributed by atoms with Crippen LogP contribution in [0.4, 0.5) is 0 Å². The van der Waals surface area contributed by atoms with E-state index >= 15 is 0 Å². The van der Waals surface area contributed by atoms with E-state index < -0.39 is 11.8 Å². The first kappa shape index (κ1) is 19.0. The van der Waals surface area contributed by atoms with Gasteiger partial charge in [0.15, 0.2) is 24.7 Å². The van der Waals surface area contributed by atoms with Gasteiger partial charge in [-0.2, -0.15) is 0 Å². The average Bonchev–Trinajstić information content (AvgIpc) is 2.74. The predicted molar refractivity (Wildman–Crippen MR) is 104 cm³/mol. The lowest BCUT2D eigenvalue weighted by atomic mass is 10.1. The van der Waals surface area contributed by atoms with Crippen molar-refractivity contribution >= 4 is 22.6 Å². The van der Waals surface area contributed by atoms with Crippen molar-refractivity contribution < 1.29 is 23.8 Å². The van der Waals surface area contributed by atoms with Crippen LogP contribution in [0.5, 0.6) is 17.2 Å². The van der Waals surface area contributed by atoms with Gasteiger partial charge in [-0.15, -0.1) is 0 Å². The van der Waals surface area contributed by atoms with Crippen molar-refractivity contribution in [2.45, 2.75) is 0 Å². The van der Waals surface area contributed by atoms with Crippen LogP contribution in [0.15, 0.2) is 66.7 Å². The molecule has 0 spiro atoms. The summed E-state index contributed by atoms with van der Waals surface area (Å²) in [4.78, 5) is 23.7. The molecule has 0 aliphatic carbocycles. The minimum atomic E-state index is -0.509. The molecule has 0 saturated carbocycles. The monoisotopic (exact) mass is 380 g/mol. The van der Waals surface area contributed by atoms with Crippen molar-refractivity contribution in [3.63, 3.8) is 0 Å². The third-order valence-electron chi connectivity index (χ3n) is 3.86. The summed E-state index contributed by atoms with van der Waals surface area (Å²) in [6, 6.07) is 20.4. The Morgan fingerprint density at radius 1 is 0.750 bits per heavy atom. The zero-order valence-corrected chi connectivity index (χ0v) is 15.3. The molecule has 2 N–H and O–H groups in total. The number of nitrogens with one attached hydrogen (secondary N) is 2. The van der Waals surface area contributed by atoms with Gasteiger partial charge in [-0.1, -0.05) is 42.5 Å². The molecule has 0 aromatic heterocycles. The number of carbonyl (C=O) groups excluding carboxylic acids is 2. The fraction of sp³-hybridized carbons (Fsp3) is 0.143. The molecular formula is C21H20N2O5. The average molecular weight is 380 g/mol. The lowest BCUT2D eigenvalue weighted by molar-refractivity contribution is -0.131. The number of ether oxygens (including phenoxy) is 3. The molecule has 3 rings (SSSR count). The maximum atomic E-state index is 11.8. The Balaban J connectivity index is 1.41. The van der Waals surface area contributed by atoms with Gasteiger partial charge in [-0.05, 0) is 35.0 Å². The van der Waals surface area contributed by atoms with Gasteiger partial charge < -0.3 is 14.2 Å². The maximum Gasteiger partial charge on any atom is 0.276 e. The number of amides is 2. The standard InChI is InChI=1S/C21H20N2O5/c1-26-18-8-4-5-9-19(18)28-14-21(25)23-22-20(24)13-27-17-11-10-15-6-2-3-7-16(15)12-17/h2-12H,13-14H2,1H3,(H,22,24)(H,23,25). The zero-order chi connectivity index (χ0) is 19.8. The minimum Gasteiger partial charge on any atom is -0.493 e. The molecule has 144 valence electrons. The largest absolute Gasteiger partial charge is 0.493 e. The van der Waals surface area contributed by atoms with E-state index in [0.717, 1.165) is 10.8 Å². The summed E-state index contributed by atoms with van der Waals surface area (Å²) in [5.41, 5.74) is 4.55. The van der Waals surface area contributed by atoms with Crippen LogP contribution in [-0.4, -0.2) is 32.1 Å². The number of hydrogen-bond donors (Lipinski definition) is 2. The lowest BCUT2D eigenvalue weighted by Gasteiger charge is -2.11. The first-order valence-corrected chi connectivity index (χ1v) is 8.61. The third kappa shape index (κ3) is 5.14. The SMILES string of the molecule is COc1ccccc1OCC(=O)NNC(=O)COc1ccc2ccccc2c1. The Morgan fingerprint density at radius 2 is 1.36 bits per heavy atom. The topological polar surface area (TPSA) is 85.9 Å². The summed E-state index contributed by atoms with van der Waals surface area (Å²) in [7, 11) is 1.51. The van der Waals surface area contributed by atoms with Gasteiger partial charge in [-0.25, -0.2) is 0 Å². The summed E-state index contributed by atoms with van der Waals surface area (Å²) in [6.07, 6.45) is 0. The molecule has 7 nitrogen and oxygen atoms in total. The van der Waals surface area contributed by atoms with Gasteiger partial charge in [0.2, 0.25) is 0 Å². The summed E-state index contributed by atoms with van der Waals surface area (Å²) in [6.45, 7) is -0.502. The molecule has 3 aromatic rings. The van der Waals surface area contributed by atoms with Crippen LogP contribution in [0, 0.1) is 0 Å². The highest BCUT2D eigenvalue weighted by atomic mass is 16.5. The van der Waals surface area contributed by atoms with E-state index in [-0.39, 0.29) is 13.2 Å². The number of fused-ring (bicyclic) bond motifs is 1. The van der Waals surface area contributed by atoms with Crippen molar-refractivity contribution in [1.29, 1.82) is 0 Å². The number of rotatable bonds is 7. The maximum absolute atomic E-state index is 11.8. The lowest BCUT2D eigenvalue weighted by Crippen LogP contribution is -2.45. The second kappa shape index (κ2) is 9.27. The molecule has 0 unspecified atom stereocenters. The Bertz CT molecular complexity index is 974. The molecule has 0 saturated heterocycles. The van der Waals surface area contributed by atoms with E-state index in [1.54, 1.807) is 30.3 Å². The highest BCUT2D eigenvalue weighted by Crippen LogP contribution is 2.25. The van der Waals surface area contributed by atoms with E-state index in [1.165, 1.54) is 7.11 Å². The second-order valence-corrected chi connectivity index (χ2v) is 5.83. The van der Waals surface area contributed by atoms with Crippen LogP contribution in [0.1, 0.15) is 0 Å². The molecular weight excluding hydrogens is 360 g/mol. The van der Waals surface area contributed by atoms with Gasteiger partial charge in [0.1, 0.15) is 5.75 Å². The molecule has 3 aromatic carbocycles. The number of carbonyl (C=O) groups is 2. The molecule has 0 heterocycles. The highest BCUT2D eigenvalue weighted by Gasteiger charge is 2.09. The van der Waals surface area contributed by atoms with Crippen LogP contribution < -0.4 is 25.1 Å². The van der Waals surface area contributed by atoms with Gasteiger partial charge in [0.25, 0.3) is 11.8 Å². The quantitative estimate of drug-likeness (QED) is 0.615. The number of benzene rings is 3. The minimum absolute atomic E-state index is 0.230. The summed E-state index contributed by atoms with van der Waals surface area (Å²) in [5.74, 6) is 0.526. The smallest absolute Gasteiger partial charge is 0.276 e. The van der Waals surface area contributed by atoms with Crippen molar-refractivity contribution in [3.05, 3.63) is 66.7 Å². The summed E-state index contributed by atoms with van der Waals surface area (Å²) >= 11 is 0. The van der Waals surface area contributed by atoms with Crippen LogP contribution in [0.2, 0.25) is 0 Å². The summed E-state index contributed by atoms with van der Waals surface area (Å²) in [5, 5.41) is 2.10. The fourth-order valence-electron chi connectivity index (χ4n) is 2.50. The van der Waals surface area contributed by atoms with Gasteiger partial charge >= 0.3 is 0 Å². The Labute approximate surface area is 162 Å². The predicted octanol–water partition coefficient (Wildman–Crippen LogP) is 2.45. The number of para-hydroxylation sites is 2. The van der Waals surface area contributed by atoms with Crippen molar-refractivity contribution in [3.8, 4) is 17.2 Å². The second-order valence-electron chi connectivity index (χ2n) is 5.83. The molecule has 0 radical (unpaired) electrons. The number of hydrazine groups is 1. The van der Waals surface area contributed by atoms with Gasteiger partial charge in [-0.3, -0.25) is 20.4 Å². The molecule has 0 bridgehead atoms. The zero-order valence-electron chi connectivity index (χ0n) is 15.3. The number of methoxy groups -OCH3 is 1. The molecule has 7 heteroatoms. The van der Waals surface area contributed by atoms with Crippen LogP contribution >= 0.6 is 0 Å². The Kier molecular flexibility index (Phi) is 6.30. The molecule has 0 aliphatic heterocycles. The Hall–Kier alpha value is -3.74. The first-order valence-electron chi connectivity index (χ1n) is 8.61. The van der Waals surface area contributed by atoms with Crippen molar-refractivity contribution in [2.24, 2.45) is 0 Å². The van der Waals surface area contributed by atoms with Crippen molar-refractivity contribution in [1.82, 2.24) is 10.9 Å². The van der Waals surface area contributed by atoms with E-state index in [9.17, 15) is 9.59 Å². The van der Waals surface area contributed by atoms with E-state index in [1.807, 2.05) is 36.4 Å². The molecule has 0 aliphatic rings. The van der Waals surface area contributed by atoms with Crippen molar-refractivity contribution in [2.75, 3.05) is 20.3 Å². The number of hydrogen-bond acceptors (Lipinski definition) is 5. The molecule has 28 heavy (non-hydrogen) atoms. The molecule has 0 atom stereocenters. The third-order valence-corrected chi connectivity index (χ3v) is 3.86. The first-order chi connectivity index (χ1) is 13.7. The van der Waals surface area contributed by atoms with Crippen LogP contribution in [-0.2, 0) is 9.59 Å². The van der Waals surface area contributed by atoms with Crippen LogP contribution in [0.3, 0.4) is 0 Å². The van der Waals surface area contributed by atoms with E-state index in [0.29, 0.717) is 17.2 Å². The van der Waals surface area contributed by atoms with E-state index in [4.69, 9.17) is 14.2 Å². The highest BCUT2D eigenvalue weighted by molar-refractivity contribution is 5.85. The van der Waals surface area contributed by atoms with Gasteiger partial charge in [0, 0.05) is 0 Å². The molecule has 0 fully saturated rings. The van der Waals surface area contributed by atoms with E-state index in [2.05, 4.69) is 10.9 Å².